The summed E-state index contributed by atoms with van der Waals surface area (Å²) in [6.45, 7) is 1.99. The lowest BCUT2D eigenvalue weighted by Gasteiger charge is -2.17. The fourth-order valence-electron chi connectivity index (χ4n) is 2.03. The van der Waals surface area contributed by atoms with Crippen molar-refractivity contribution in [2.45, 2.75) is 13.0 Å². The molecule has 1 aromatic carbocycles. The maximum atomic E-state index is 6.29. The van der Waals surface area contributed by atoms with Gasteiger partial charge in [-0.05, 0) is 52.2 Å². The van der Waals surface area contributed by atoms with Gasteiger partial charge in [-0.3, -0.25) is 0 Å². The summed E-state index contributed by atoms with van der Waals surface area (Å²) in [6, 6.07) is 5.39. The predicted molar refractivity (Wildman–Crippen MR) is 76.7 cm³/mol. The molecule has 2 aromatic rings. The molecule has 0 saturated heterocycles. The predicted octanol–water partition coefficient (Wildman–Crippen LogP) is 3.42. The summed E-state index contributed by atoms with van der Waals surface area (Å²) in [5.74, 6) is 1.36. The normalized spacial score (nSPS) is 12.3. The molecule has 2 N–H and O–H groups in total. The van der Waals surface area contributed by atoms with E-state index in [-0.39, 0.29) is 6.04 Å². The van der Waals surface area contributed by atoms with Gasteiger partial charge in [0.05, 0.1) is 26.5 Å². The molecule has 0 saturated carbocycles. The van der Waals surface area contributed by atoms with Gasteiger partial charge in [-0.25, -0.2) is 0 Å². The first-order valence-electron chi connectivity index (χ1n) is 5.79. The van der Waals surface area contributed by atoms with E-state index < -0.39 is 0 Å². The highest BCUT2D eigenvalue weighted by molar-refractivity contribution is 9.10. The van der Waals surface area contributed by atoms with Gasteiger partial charge in [-0.15, -0.1) is 0 Å². The maximum absolute atomic E-state index is 6.29. The van der Waals surface area contributed by atoms with Crippen LogP contribution in [0.4, 0.5) is 0 Å². The summed E-state index contributed by atoms with van der Waals surface area (Å²) in [4.78, 5) is 0. The summed E-state index contributed by atoms with van der Waals surface area (Å²) >= 11 is 3.35. The van der Waals surface area contributed by atoms with Crippen molar-refractivity contribution in [1.29, 1.82) is 0 Å². The van der Waals surface area contributed by atoms with Crippen molar-refractivity contribution in [3.05, 3.63) is 45.8 Å². The van der Waals surface area contributed by atoms with Gasteiger partial charge in [0.1, 0.15) is 0 Å². The molecule has 0 radical (unpaired) electrons. The van der Waals surface area contributed by atoms with Crippen molar-refractivity contribution in [2.75, 3.05) is 14.2 Å². The third kappa shape index (κ3) is 2.62. The molecule has 1 heterocycles. The van der Waals surface area contributed by atoms with Gasteiger partial charge in [0.15, 0.2) is 16.2 Å². The average molecular weight is 326 g/mol. The van der Waals surface area contributed by atoms with Crippen LogP contribution in [0.25, 0.3) is 0 Å². The Morgan fingerprint density at radius 3 is 2.32 bits per heavy atom. The minimum absolute atomic E-state index is 0.284. The van der Waals surface area contributed by atoms with Crippen LogP contribution in [0.2, 0.25) is 0 Å². The van der Waals surface area contributed by atoms with Crippen molar-refractivity contribution in [3.8, 4) is 11.5 Å². The summed E-state index contributed by atoms with van der Waals surface area (Å²) < 4.78 is 16.5. The van der Waals surface area contributed by atoms with E-state index in [4.69, 9.17) is 19.6 Å². The molecule has 0 spiro atoms. The van der Waals surface area contributed by atoms with Crippen LogP contribution in [0.1, 0.15) is 22.7 Å². The third-order valence-electron chi connectivity index (χ3n) is 3.09. The number of ether oxygens (including phenoxy) is 2. The summed E-state index contributed by atoms with van der Waals surface area (Å²) in [5, 5.41) is 0. The molecule has 0 aliphatic rings. The lowest BCUT2D eigenvalue weighted by Crippen LogP contribution is -2.13. The van der Waals surface area contributed by atoms with Crippen LogP contribution in [-0.4, -0.2) is 14.2 Å². The molecule has 4 nitrogen and oxygen atoms in total. The number of hydrogen-bond donors (Lipinski definition) is 1. The van der Waals surface area contributed by atoms with Gasteiger partial charge in [-0.2, -0.15) is 0 Å². The molecule has 0 bridgehead atoms. The van der Waals surface area contributed by atoms with E-state index in [1.807, 2.05) is 25.1 Å². The van der Waals surface area contributed by atoms with Crippen molar-refractivity contribution >= 4 is 15.9 Å². The van der Waals surface area contributed by atoms with Crippen LogP contribution in [0.15, 0.2) is 33.5 Å². The molecule has 1 aromatic heterocycles. The molecule has 0 aliphatic heterocycles. The fraction of sp³-hybridized carbons (Fsp3) is 0.286. The minimum atomic E-state index is -0.284. The average Bonchev–Trinajstić information content (AvgIpc) is 2.83. The SMILES string of the molecule is COc1cc(C)c(C(N)c2ccoc2Br)cc1OC. The first kappa shape index (κ1) is 14.0. The number of nitrogens with two attached hydrogens (primary N) is 1. The van der Waals surface area contributed by atoms with Gasteiger partial charge in [0, 0.05) is 5.56 Å². The number of rotatable bonds is 4. The second kappa shape index (κ2) is 5.67. The Morgan fingerprint density at radius 2 is 1.79 bits per heavy atom. The summed E-state index contributed by atoms with van der Waals surface area (Å²) in [6.07, 6.45) is 1.61. The highest BCUT2D eigenvalue weighted by Crippen LogP contribution is 2.36. The molecular formula is C14H16BrNO3. The van der Waals surface area contributed by atoms with E-state index in [0.717, 1.165) is 16.7 Å². The molecule has 2 rings (SSSR count). The van der Waals surface area contributed by atoms with Gasteiger partial charge in [0.25, 0.3) is 0 Å². The van der Waals surface area contributed by atoms with Gasteiger partial charge in [0.2, 0.25) is 0 Å². The third-order valence-corrected chi connectivity index (χ3v) is 3.73. The zero-order valence-electron chi connectivity index (χ0n) is 11.1. The number of furan rings is 1. The van der Waals surface area contributed by atoms with E-state index in [2.05, 4.69) is 15.9 Å². The Bertz CT molecular complexity index is 580. The molecule has 0 aliphatic carbocycles. The van der Waals surface area contributed by atoms with Crippen molar-refractivity contribution < 1.29 is 13.9 Å². The molecule has 102 valence electrons. The van der Waals surface area contributed by atoms with Crippen LogP contribution in [-0.2, 0) is 0 Å². The van der Waals surface area contributed by atoms with E-state index >= 15 is 0 Å². The van der Waals surface area contributed by atoms with Gasteiger partial charge in [-0.1, -0.05) is 0 Å². The van der Waals surface area contributed by atoms with E-state index in [1.54, 1.807) is 20.5 Å². The summed E-state index contributed by atoms with van der Waals surface area (Å²) in [5.41, 5.74) is 9.20. The topological polar surface area (TPSA) is 57.6 Å². The largest absolute Gasteiger partial charge is 0.493 e. The van der Waals surface area contributed by atoms with Crippen LogP contribution in [0.3, 0.4) is 0 Å². The second-order valence-electron chi connectivity index (χ2n) is 4.19. The molecule has 19 heavy (non-hydrogen) atoms. The van der Waals surface area contributed by atoms with Crippen molar-refractivity contribution in [3.63, 3.8) is 0 Å². The lowest BCUT2D eigenvalue weighted by molar-refractivity contribution is 0.354. The molecule has 5 heteroatoms. The Hall–Kier alpha value is -1.46. The quantitative estimate of drug-likeness (QED) is 0.935. The van der Waals surface area contributed by atoms with Crippen LogP contribution in [0.5, 0.6) is 11.5 Å². The van der Waals surface area contributed by atoms with E-state index in [1.165, 1.54) is 0 Å². The molecule has 1 unspecified atom stereocenters. The smallest absolute Gasteiger partial charge is 0.174 e. The van der Waals surface area contributed by atoms with Crippen LogP contribution in [0, 0.1) is 6.92 Å². The first-order chi connectivity index (χ1) is 9.08. The highest BCUT2D eigenvalue weighted by Gasteiger charge is 2.19. The zero-order chi connectivity index (χ0) is 14.0. The Labute approximate surface area is 120 Å². The number of methoxy groups -OCH3 is 2. The highest BCUT2D eigenvalue weighted by atomic mass is 79.9. The van der Waals surface area contributed by atoms with Crippen LogP contribution >= 0.6 is 15.9 Å². The molecular weight excluding hydrogens is 310 g/mol. The monoisotopic (exact) mass is 325 g/mol. The first-order valence-corrected chi connectivity index (χ1v) is 6.58. The Balaban J connectivity index is 2.48. The second-order valence-corrected chi connectivity index (χ2v) is 4.91. The summed E-state index contributed by atoms with van der Waals surface area (Å²) in [7, 11) is 3.22. The molecule has 0 fully saturated rings. The van der Waals surface area contributed by atoms with Gasteiger partial charge >= 0.3 is 0 Å². The number of benzene rings is 1. The van der Waals surface area contributed by atoms with E-state index in [0.29, 0.717) is 16.2 Å². The molecule has 0 amide bonds. The Kier molecular flexibility index (Phi) is 4.17. The fourth-order valence-corrected chi connectivity index (χ4v) is 2.51. The lowest BCUT2D eigenvalue weighted by atomic mass is 9.97. The minimum Gasteiger partial charge on any atom is -0.493 e. The number of hydrogen-bond acceptors (Lipinski definition) is 4. The van der Waals surface area contributed by atoms with E-state index in [9.17, 15) is 0 Å². The van der Waals surface area contributed by atoms with Crippen molar-refractivity contribution in [1.82, 2.24) is 0 Å². The number of halogens is 1. The van der Waals surface area contributed by atoms with Gasteiger partial charge < -0.3 is 19.6 Å². The standard InChI is InChI=1S/C14H16BrNO3/c1-8-6-11(17-2)12(18-3)7-10(8)13(16)9-4-5-19-14(9)15/h4-7,13H,16H2,1-3H3. The zero-order valence-corrected chi connectivity index (χ0v) is 12.7. The van der Waals surface area contributed by atoms with Crippen molar-refractivity contribution in [2.24, 2.45) is 5.73 Å². The Morgan fingerprint density at radius 1 is 1.16 bits per heavy atom. The number of aryl methyl sites for hydroxylation is 1. The van der Waals surface area contributed by atoms with Crippen LogP contribution < -0.4 is 15.2 Å². The maximum Gasteiger partial charge on any atom is 0.174 e. The molecule has 1 atom stereocenters.